The van der Waals surface area contributed by atoms with Gasteiger partial charge in [-0.1, -0.05) is 51.6 Å². The Bertz CT molecular complexity index is 1300. The second-order valence-electron chi connectivity index (χ2n) is 12.7. The highest BCUT2D eigenvalue weighted by Crippen LogP contribution is 2.61. The molecule has 4 fully saturated rings. The number of rotatable bonds is 10. The van der Waals surface area contributed by atoms with Crippen LogP contribution in [0.15, 0.2) is 48.3 Å². The molecule has 0 aromatic heterocycles. The molecule has 2 bridgehead atoms. The fraction of sp³-hybridized carbons (Fsp3) is 0.594. The Hall–Kier alpha value is -2.99. The van der Waals surface area contributed by atoms with Crippen molar-refractivity contribution in [2.24, 2.45) is 29.1 Å². The summed E-state index contributed by atoms with van der Waals surface area (Å²) in [5.41, 5.74) is 1.06. The number of ether oxygens (including phenoxy) is 3. The summed E-state index contributed by atoms with van der Waals surface area (Å²) in [6.07, 6.45) is 1.21. The number of hydrogen-bond acceptors (Lipinski definition) is 8. The van der Waals surface area contributed by atoms with Crippen LogP contribution in [-0.2, 0) is 14.4 Å². The van der Waals surface area contributed by atoms with Gasteiger partial charge >= 0.3 is 6.29 Å². The highest BCUT2D eigenvalue weighted by molar-refractivity contribution is 5.83. The van der Waals surface area contributed by atoms with Crippen molar-refractivity contribution < 1.29 is 42.8 Å². The Morgan fingerprint density at radius 3 is 2.65 bits per heavy atom. The Kier molecular flexibility index (Phi) is 8.65. The maximum Gasteiger partial charge on any atom is 0.586 e. The van der Waals surface area contributed by atoms with Gasteiger partial charge in [-0.3, -0.25) is 9.63 Å². The normalized spacial score (nSPS) is 33.5. The zero-order valence-electron chi connectivity index (χ0n) is 25.3. The first-order valence-electron chi connectivity index (χ1n) is 14.8. The number of nitrogens with zero attached hydrogens (tertiary/aromatic N) is 1. The molecule has 1 aromatic carbocycles. The van der Waals surface area contributed by atoms with Crippen LogP contribution in [0, 0.1) is 29.1 Å². The van der Waals surface area contributed by atoms with Crippen molar-refractivity contribution in [3.8, 4) is 11.5 Å². The second kappa shape index (κ2) is 11.8. The molecule has 43 heavy (non-hydrogen) atoms. The highest BCUT2D eigenvalue weighted by atomic mass is 19.3. The minimum Gasteiger partial charge on any atom is -0.496 e. The van der Waals surface area contributed by atoms with Gasteiger partial charge in [0.15, 0.2) is 11.5 Å². The topological polar surface area (TPSA) is 110 Å². The molecular weight excluding hydrogens is 562 g/mol. The maximum absolute atomic E-state index is 14.0. The van der Waals surface area contributed by atoms with Crippen LogP contribution >= 0.6 is 0 Å². The van der Waals surface area contributed by atoms with Gasteiger partial charge in [0.25, 0.3) is 0 Å². The van der Waals surface area contributed by atoms with Crippen LogP contribution in [0.25, 0.3) is 6.08 Å². The van der Waals surface area contributed by atoms with Gasteiger partial charge in [-0.25, -0.2) is 0 Å². The lowest BCUT2D eigenvalue weighted by Crippen LogP contribution is -2.62. The number of amides is 1. The van der Waals surface area contributed by atoms with E-state index >= 15 is 0 Å². The molecule has 8 atom stereocenters. The first kappa shape index (κ1) is 31.4. The van der Waals surface area contributed by atoms with Gasteiger partial charge in [-0.15, -0.1) is 8.78 Å². The van der Waals surface area contributed by atoms with Crippen LogP contribution in [0.3, 0.4) is 0 Å². The molecule has 1 saturated heterocycles. The van der Waals surface area contributed by atoms with Crippen molar-refractivity contribution in [1.29, 1.82) is 0 Å². The number of hydrogen-bond donors (Lipinski definition) is 3. The van der Waals surface area contributed by atoms with Crippen molar-refractivity contribution in [2.75, 3.05) is 20.3 Å². The minimum atomic E-state index is -3.79. The minimum absolute atomic E-state index is 0.00451. The van der Waals surface area contributed by atoms with E-state index in [1.807, 2.05) is 0 Å². The summed E-state index contributed by atoms with van der Waals surface area (Å²) >= 11 is 0. The third-order valence-electron chi connectivity index (χ3n) is 9.99. The molecule has 0 unspecified atom stereocenters. The number of halogens is 2. The quantitative estimate of drug-likeness (QED) is 0.269. The van der Waals surface area contributed by atoms with E-state index in [1.165, 1.54) is 36.8 Å². The predicted molar refractivity (Wildman–Crippen MR) is 155 cm³/mol. The molecule has 6 rings (SSSR count). The number of alkyl halides is 2. The summed E-state index contributed by atoms with van der Waals surface area (Å²) in [5, 5.41) is 25.6. The summed E-state index contributed by atoms with van der Waals surface area (Å²) in [6.45, 7) is 11.8. The number of fused-ring (bicyclic) bond motifs is 3. The number of nitrogens with one attached hydrogen (secondary N) is 1. The van der Waals surface area contributed by atoms with Gasteiger partial charge in [-0.2, -0.15) is 5.06 Å². The van der Waals surface area contributed by atoms with Crippen molar-refractivity contribution in [1.82, 2.24) is 10.4 Å². The van der Waals surface area contributed by atoms with Crippen LogP contribution in [-0.4, -0.2) is 72.0 Å². The fourth-order valence-corrected chi connectivity index (χ4v) is 7.53. The molecule has 0 spiro atoms. The Labute approximate surface area is 251 Å². The first-order valence-corrected chi connectivity index (χ1v) is 14.8. The Morgan fingerprint density at radius 1 is 1.30 bits per heavy atom. The number of hydroxylamine groups is 2. The number of allylic oxidation sites excluding steroid dienone is 2. The van der Waals surface area contributed by atoms with Crippen LogP contribution < -0.4 is 14.8 Å². The molecular formula is C32H42F2N2O7. The molecule has 3 saturated carbocycles. The highest BCUT2D eigenvalue weighted by Gasteiger charge is 2.57. The SMILES string of the molecule is C=CC=C(CN1O[C@@H](CO)[C@@H]([C@H](C)O)[C@H]1C(=O)N[C@H]1C[C@H]2C[C@@H]([C@@H]1C)C2(C)C)C(=Cc1cccc2c1OC(F)(F)O2)OC. The smallest absolute Gasteiger partial charge is 0.496 e. The van der Waals surface area contributed by atoms with Gasteiger partial charge in [0.1, 0.15) is 17.9 Å². The number of carbonyl (C=O) groups is 1. The van der Waals surface area contributed by atoms with Crippen molar-refractivity contribution >= 4 is 12.0 Å². The van der Waals surface area contributed by atoms with E-state index in [4.69, 9.17) is 14.3 Å². The molecule has 1 aromatic rings. The average Bonchev–Trinajstić information content (AvgIpc) is 3.48. The van der Waals surface area contributed by atoms with Crippen molar-refractivity contribution in [2.45, 2.75) is 71.1 Å². The summed E-state index contributed by atoms with van der Waals surface area (Å²) in [7, 11) is 1.43. The zero-order chi connectivity index (χ0) is 31.3. The molecule has 9 nitrogen and oxygen atoms in total. The predicted octanol–water partition coefficient (Wildman–Crippen LogP) is 4.27. The summed E-state index contributed by atoms with van der Waals surface area (Å²) in [5.74, 6) is 0.405. The molecule has 11 heteroatoms. The maximum atomic E-state index is 14.0. The van der Waals surface area contributed by atoms with Crippen molar-refractivity contribution in [3.05, 3.63) is 53.8 Å². The number of carbonyl (C=O) groups excluding carboxylic acids is 1. The molecule has 2 aliphatic heterocycles. The number of para-hydroxylation sites is 1. The molecule has 0 radical (unpaired) electrons. The molecule has 5 aliphatic rings. The fourth-order valence-electron chi connectivity index (χ4n) is 7.53. The molecule has 3 aliphatic carbocycles. The van der Waals surface area contributed by atoms with Crippen LogP contribution in [0.2, 0.25) is 0 Å². The monoisotopic (exact) mass is 604 g/mol. The van der Waals surface area contributed by atoms with E-state index in [0.717, 1.165) is 6.42 Å². The van der Waals surface area contributed by atoms with Gasteiger partial charge in [-0.05, 0) is 55.1 Å². The summed E-state index contributed by atoms with van der Waals surface area (Å²) in [4.78, 5) is 20.1. The number of benzene rings is 1. The lowest BCUT2D eigenvalue weighted by atomic mass is 9.45. The number of aliphatic hydroxyl groups is 2. The van der Waals surface area contributed by atoms with Crippen LogP contribution in [0.5, 0.6) is 11.5 Å². The first-order chi connectivity index (χ1) is 20.3. The third kappa shape index (κ3) is 5.80. The molecule has 2 heterocycles. The van der Waals surface area contributed by atoms with Crippen LogP contribution in [0.1, 0.15) is 46.1 Å². The molecule has 1 amide bonds. The average molecular weight is 605 g/mol. The summed E-state index contributed by atoms with van der Waals surface area (Å²) in [6, 6.07) is 3.59. The summed E-state index contributed by atoms with van der Waals surface area (Å²) < 4.78 is 42.6. The van der Waals surface area contributed by atoms with E-state index in [0.29, 0.717) is 28.9 Å². The third-order valence-corrected chi connectivity index (χ3v) is 9.99. The Morgan fingerprint density at radius 2 is 2.05 bits per heavy atom. The van der Waals surface area contributed by atoms with E-state index in [2.05, 4.69) is 37.4 Å². The van der Waals surface area contributed by atoms with Gasteiger partial charge in [0, 0.05) is 23.1 Å². The van der Waals surface area contributed by atoms with Crippen molar-refractivity contribution in [3.63, 3.8) is 0 Å². The van der Waals surface area contributed by atoms with Gasteiger partial charge in [0.2, 0.25) is 5.91 Å². The van der Waals surface area contributed by atoms with E-state index < -0.39 is 37.1 Å². The lowest BCUT2D eigenvalue weighted by molar-refractivity contribution is -0.286. The lowest BCUT2D eigenvalue weighted by Gasteiger charge is -2.62. The Balaban J connectivity index is 1.41. The van der Waals surface area contributed by atoms with E-state index in [-0.39, 0.29) is 41.2 Å². The largest absolute Gasteiger partial charge is 0.586 e. The number of aliphatic hydroxyl groups excluding tert-OH is 2. The number of methoxy groups -OCH3 is 1. The van der Waals surface area contributed by atoms with Crippen LogP contribution in [0.4, 0.5) is 8.78 Å². The molecule has 236 valence electrons. The van der Waals surface area contributed by atoms with E-state index in [1.54, 1.807) is 25.1 Å². The van der Waals surface area contributed by atoms with Gasteiger partial charge in [0.05, 0.1) is 26.4 Å². The molecule has 3 N–H and O–H groups in total. The van der Waals surface area contributed by atoms with Gasteiger partial charge < -0.3 is 29.7 Å². The zero-order valence-corrected chi connectivity index (χ0v) is 25.3. The standard InChI is InChI=1S/C32H42F2N2O7/c1-7-9-20(25(40-6)12-19-10-8-11-24-29(19)42-32(33,34)41-24)15-36-28(27(18(3)38)26(16-37)43-36)30(39)35-23-14-21-13-22(17(23)2)31(21,4)5/h7-12,17-18,21-23,26-28,37-38H,1,13-16H2,2-6H3,(H,35,39)/t17-,18-,21+,22-,23-,26-,27+,28-/m0/s1. The second-order valence-corrected chi connectivity index (χ2v) is 12.7. The van der Waals surface area contributed by atoms with E-state index in [9.17, 15) is 23.8 Å².